The average molecular weight is 841 g/mol. The highest BCUT2D eigenvalue weighted by Crippen LogP contribution is 2.37. The van der Waals surface area contributed by atoms with Crippen molar-refractivity contribution in [2.24, 2.45) is 17.3 Å². The number of thiazole rings is 1. The molecule has 2 amide bonds. The lowest BCUT2D eigenvalue weighted by Crippen LogP contribution is -2.51. The number of aromatic nitrogens is 4. The molecule has 1 aromatic carbocycles. The molecule has 326 valence electrons. The fourth-order valence-corrected chi connectivity index (χ4v) is 9.89. The highest BCUT2D eigenvalue weighted by atomic mass is 32.1. The number of hydrogen-bond acceptors (Lipinski definition) is 10. The Morgan fingerprint density at radius 3 is 2.37 bits per heavy atom. The Morgan fingerprint density at radius 1 is 0.933 bits per heavy atom. The van der Waals surface area contributed by atoms with Gasteiger partial charge in [-0.2, -0.15) is 9.61 Å². The fourth-order valence-electron chi connectivity index (χ4n) is 9.08. The van der Waals surface area contributed by atoms with Crippen LogP contribution in [0.5, 0.6) is 0 Å². The third-order valence-electron chi connectivity index (χ3n) is 12.3. The van der Waals surface area contributed by atoms with E-state index in [1.165, 1.54) is 0 Å². The van der Waals surface area contributed by atoms with Gasteiger partial charge in [0.15, 0.2) is 11.4 Å². The summed E-state index contributed by atoms with van der Waals surface area (Å²) >= 11 is 1.61. The zero-order chi connectivity index (χ0) is 42.6. The van der Waals surface area contributed by atoms with E-state index in [2.05, 4.69) is 65.1 Å². The first kappa shape index (κ1) is 45.3. The number of rotatable bonds is 22. The number of aliphatic hydroxyl groups excluding tert-OH is 1. The lowest BCUT2D eigenvalue weighted by molar-refractivity contribution is -0.135. The molecule has 2 aliphatic carbocycles. The van der Waals surface area contributed by atoms with Gasteiger partial charge < -0.3 is 26.4 Å². The van der Waals surface area contributed by atoms with E-state index in [-0.39, 0.29) is 29.1 Å². The SMILES string of the molecule is CCCc1cc(N[C@@H]2CCC(NC(=O)CCCCCCCCCN[C@H](C(=O)C3C[C@H](O)C[C@H]3C(=O)NCc3ccc(-c4scnc4C)cc3)C(C)(C)C)C2)n2nccc2n1. The molecule has 2 fully saturated rings. The van der Waals surface area contributed by atoms with Crippen molar-refractivity contribution in [1.82, 2.24) is 35.5 Å². The summed E-state index contributed by atoms with van der Waals surface area (Å²) in [7, 11) is 0. The van der Waals surface area contributed by atoms with Crippen LogP contribution in [0.1, 0.15) is 135 Å². The number of unbranched alkanes of at least 4 members (excludes halogenated alkanes) is 6. The summed E-state index contributed by atoms with van der Waals surface area (Å²) in [4.78, 5) is 50.5. The molecule has 60 heavy (non-hydrogen) atoms. The van der Waals surface area contributed by atoms with Gasteiger partial charge in [0.05, 0.1) is 40.3 Å². The van der Waals surface area contributed by atoms with Crippen molar-refractivity contribution < 1.29 is 19.5 Å². The number of Topliss-reactive ketones (excluding diaryl/α,β-unsaturated/α-hetero) is 1. The molecule has 2 unspecified atom stereocenters. The van der Waals surface area contributed by atoms with Crippen molar-refractivity contribution in [3.8, 4) is 10.4 Å². The smallest absolute Gasteiger partial charge is 0.224 e. The minimum atomic E-state index is -0.665. The Morgan fingerprint density at radius 2 is 1.65 bits per heavy atom. The molecule has 0 saturated heterocycles. The number of carbonyl (C=O) groups excluding carboxylic acids is 3. The average Bonchev–Trinajstić information content (AvgIpc) is 4.04. The largest absolute Gasteiger partial charge is 0.393 e. The Balaban J connectivity index is 0.838. The number of carbonyl (C=O) groups is 3. The van der Waals surface area contributed by atoms with Crippen LogP contribution >= 0.6 is 11.3 Å². The summed E-state index contributed by atoms with van der Waals surface area (Å²) in [6.07, 6.45) is 14.5. The van der Waals surface area contributed by atoms with Crippen LogP contribution < -0.4 is 21.3 Å². The van der Waals surface area contributed by atoms with Gasteiger partial charge in [0.2, 0.25) is 11.8 Å². The second-order valence-electron chi connectivity index (χ2n) is 18.3. The standard InChI is InChI=1S/C47H68N8O4S/c1-6-14-34-26-41(55-40(52-34)22-24-51-55)53-35-20-21-36(25-35)54-42(57)15-12-10-8-7-9-11-13-23-48-45(47(3,4)5)43(58)38-27-37(56)28-39(38)46(59)49-29-32-16-18-33(19-17-32)44-31(2)50-30-60-44/h16-19,22,24,26,30,35-39,45,48,53,56H,6-15,20-21,23,25,27-29H2,1-5H3,(H,49,59)(H,54,57)/t35-,36?,37+,38?,39-,45-/m1/s1. The summed E-state index contributed by atoms with van der Waals surface area (Å²) in [5.41, 5.74) is 6.53. The van der Waals surface area contributed by atoms with Crippen LogP contribution in [0.3, 0.4) is 0 Å². The zero-order valence-corrected chi connectivity index (χ0v) is 37.3. The van der Waals surface area contributed by atoms with Crippen LogP contribution in [0.15, 0.2) is 48.1 Å². The number of fused-ring (bicyclic) bond motifs is 1. The van der Waals surface area contributed by atoms with E-state index < -0.39 is 24.0 Å². The Hall–Kier alpha value is -4.20. The van der Waals surface area contributed by atoms with Crippen LogP contribution in [0.25, 0.3) is 16.1 Å². The van der Waals surface area contributed by atoms with Crippen molar-refractivity contribution in [2.45, 2.75) is 162 Å². The van der Waals surface area contributed by atoms with Gasteiger partial charge in [-0.3, -0.25) is 14.4 Å². The molecule has 6 rings (SSSR count). The molecular formula is C47H68N8O4S. The number of amides is 2. The number of benzene rings is 1. The maximum atomic E-state index is 14.1. The summed E-state index contributed by atoms with van der Waals surface area (Å²) in [5.74, 6) is -0.0850. The third-order valence-corrected chi connectivity index (χ3v) is 13.3. The predicted octanol–water partition coefficient (Wildman–Crippen LogP) is 7.96. The number of ketones is 1. The molecule has 3 aromatic heterocycles. The Bertz CT molecular complexity index is 2010. The van der Waals surface area contributed by atoms with E-state index in [4.69, 9.17) is 4.98 Å². The molecule has 4 aromatic rings. The van der Waals surface area contributed by atoms with E-state index in [0.29, 0.717) is 31.8 Å². The summed E-state index contributed by atoms with van der Waals surface area (Å²) in [6, 6.07) is 12.3. The van der Waals surface area contributed by atoms with Gasteiger partial charge in [0, 0.05) is 48.8 Å². The maximum Gasteiger partial charge on any atom is 0.224 e. The van der Waals surface area contributed by atoms with Gasteiger partial charge in [0.1, 0.15) is 5.82 Å². The molecule has 2 aliphatic rings. The van der Waals surface area contributed by atoms with Crippen molar-refractivity contribution in [3.05, 3.63) is 65.1 Å². The molecule has 12 nitrogen and oxygen atoms in total. The Kier molecular flexibility index (Phi) is 16.3. The van der Waals surface area contributed by atoms with Crippen LogP contribution in [0.4, 0.5) is 5.82 Å². The van der Waals surface area contributed by atoms with Crippen molar-refractivity contribution in [2.75, 3.05) is 11.9 Å². The number of anilines is 1. The van der Waals surface area contributed by atoms with Gasteiger partial charge in [0.25, 0.3) is 0 Å². The molecule has 0 spiro atoms. The molecule has 13 heteroatoms. The Labute approximate surface area is 360 Å². The van der Waals surface area contributed by atoms with Crippen LogP contribution in [0.2, 0.25) is 0 Å². The topological polar surface area (TPSA) is 163 Å². The monoisotopic (exact) mass is 841 g/mol. The minimum absolute atomic E-state index is 0.0267. The van der Waals surface area contributed by atoms with E-state index >= 15 is 0 Å². The molecule has 2 saturated carbocycles. The maximum absolute atomic E-state index is 14.1. The van der Waals surface area contributed by atoms with Crippen LogP contribution in [0, 0.1) is 24.2 Å². The van der Waals surface area contributed by atoms with Crippen molar-refractivity contribution in [3.63, 3.8) is 0 Å². The lowest BCUT2D eigenvalue weighted by atomic mass is 9.77. The molecule has 0 bridgehead atoms. The molecular weight excluding hydrogens is 773 g/mol. The first-order chi connectivity index (χ1) is 28.9. The van der Waals surface area contributed by atoms with Crippen molar-refractivity contribution >= 4 is 40.4 Å². The highest BCUT2D eigenvalue weighted by Gasteiger charge is 2.46. The predicted molar refractivity (Wildman–Crippen MR) is 240 cm³/mol. The van der Waals surface area contributed by atoms with Gasteiger partial charge in [-0.05, 0) is 81.4 Å². The van der Waals surface area contributed by atoms with Crippen LogP contribution in [-0.4, -0.2) is 73.1 Å². The number of nitrogens with zero attached hydrogens (tertiary/aromatic N) is 4. The van der Waals surface area contributed by atoms with Gasteiger partial charge >= 0.3 is 0 Å². The van der Waals surface area contributed by atoms with Gasteiger partial charge in [-0.15, -0.1) is 11.3 Å². The normalized spacial score (nSPS) is 21.0. The molecule has 3 heterocycles. The van der Waals surface area contributed by atoms with E-state index in [9.17, 15) is 19.5 Å². The number of aliphatic hydroxyl groups is 1. The zero-order valence-electron chi connectivity index (χ0n) is 36.5. The highest BCUT2D eigenvalue weighted by molar-refractivity contribution is 7.13. The van der Waals surface area contributed by atoms with E-state index in [1.54, 1.807) is 17.5 Å². The van der Waals surface area contributed by atoms with Gasteiger partial charge in [-0.25, -0.2) is 9.97 Å². The first-order valence-corrected chi connectivity index (χ1v) is 23.4. The minimum Gasteiger partial charge on any atom is -0.393 e. The number of nitrogens with one attached hydrogen (secondary N) is 4. The summed E-state index contributed by atoms with van der Waals surface area (Å²) in [6.45, 7) is 11.4. The molecule has 0 aliphatic heterocycles. The summed E-state index contributed by atoms with van der Waals surface area (Å²) in [5, 5.41) is 28.6. The van der Waals surface area contributed by atoms with Crippen LogP contribution in [-0.2, 0) is 27.3 Å². The molecule has 6 atom stereocenters. The van der Waals surface area contributed by atoms with E-state index in [1.807, 2.05) is 47.3 Å². The quantitative estimate of drug-likeness (QED) is 0.0495. The summed E-state index contributed by atoms with van der Waals surface area (Å²) < 4.78 is 1.87. The second kappa shape index (κ2) is 21.5. The fraction of sp³-hybridized carbons (Fsp3) is 0.617. The lowest BCUT2D eigenvalue weighted by Gasteiger charge is -2.33. The third kappa shape index (κ3) is 12.4. The molecule has 0 radical (unpaired) electrons. The van der Waals surface area contributed by atoms with Crippen molar-refractivity contribution in [1.29, 1.82) is 0 Å². The van der Waals surface area contributed by atoms with E-state index in [0.717, 1.165) is 122 Å². The molecule has 5 N–H and O–H groups in total. The second-order valence-corrected chi connectivity index (χ2v) is 19.2. The number of aryl methyl sites for hydroxylation is 2. The first-order valence-electron chi connectivity index (χ1n) is 22.5. The van der Waals surface area contributed by atoms with Gasteiger partial charge in [-0.1, -0.05) is 90.5 Å². The number of hydrogen-bond donors (Lipinski definition) is 5.